The Kier molecular flexibility index (Phi) is 5.65. The molecule has 0 spiro atoms. The first kappa shape index (κ1) is 17.8. The number of anilines is 1. The molecule has 1 saturated heterocycles. The van der Waals surface area contributed by atoms with Gasteiger partial charge in [-0.25, -0.2) is 0 Å². The first-order valence-corrected chi connectivity index (χ1v) is 8.21. The number of piperidine rings is 1. The molecule has 0 saturated carbocycles. The topological polar surface area (TPSA) is 52.7 Å². The molecule has 2 amide bonds. The van der Waals surface area contributed by atoms with Gasteiger partial charge in [0.2, 0.25) is 0 Å². The Hall–Kier alpha value is -1.59. The summed E-state index contributed by atoms with van der Waals surface area (Å²) in [5, 5.41) is 3.11. The van der Waals surface area contributed by atoms with Crippen LogP contribution in [0.15, 0.2) is 12.1 Å². The Morgan fingerprint density at radius 3 is 2.43 bits per heavy atom. The molecule has 1 N–H and O–H groups in total. The molecule has 0 bridgehead atoms. The Morgan fingerprint density at radius 2 is 1.87 bits per heavy atom. The predicted octanol–water partition coefficient (Wildman–Crippen LogP) is 2.45. The van der Waals surface area contributed by atoms with Gasteiger partial charge in [0.15, 0.2) is 0 Å². The number of carbonyl (C=O) groups is 2. The van der Waals surface area contributed by atoms with E-state index in [0.29, 0.717) is 10.7 Å². The van der Waals surface area contributed by atoms with Crippen LogP contribution in [0.4, 0.5) is 5.69 Å². The van der Waals surface area contributed by atoms with Gasteiger partial charge in [0, 0.05) is 13.1 Å². The number of rotatable bonds is 2. The Balaban J connectivity index is 2.04. The summed E-state index contributed by atoms with van der Waals surface area (Å²) in [6, 6.07) is 3.81. The van der Waals surface area contributed by atoms with Crippen molar-refractivity contribution in [2.75, 3.05) is 32.5 Å². The molecule has 0 aliphatic carbocycles. The molecule has 0 atom stereocenters. The van der Waals surface area contributed by atoms with Gasteiger partial charge in [-0.1, -0.05) is 17.7 Å². The van der Waals surface area contributed by atoms with Crippen molar-refractivity contribution in [3.63, 3.8) is 0 Å². The Morgan fingerprint density at radius 1 is 1.26 bits per heavy atom. The second-order valence-electron chi connectivity index (χ2n) is 6.34. The second-order valence-corrected chi connectivity index (χ2v) is 6.75. The number of nitrogens with zero attached hydrogens (tertiary/aromatic N) is 2. The van der Waals surface area contributed by atoms with E-state index in [2.05, 4.69) is 17.3 Å². The van der Waals surface area contributed by atoms with Gasteiger partial charge in [-0.15, -0.1) is 0 Å². The van der Waals surface area contributed by atoms with E-state index >= 15 is 0 Å². The number of hydrogen-bond acceptors (Lipinski definition) is 3. The number of likely N-dealkylation sites (tertiary alicyclic amines) is 1. The van der Waals surface area contributed by atoms with Crippen LogP contribution in [0.3, 0.4) is 0 Å². The molecule has 0 radical (unpaired) electrons. The monoisotopic (exact) mass is 337 g/mol. The van der Waals surface area contributed by atoms with E-state index in [4.69, 9.17) is 11.6 Å². The van der Waals surface area contributed by atoms with E-state index in [9.17, 15) is 9.59 Å². The van der Waals surface area contributed by atoms with Gasteiger partial charge >= 0.3 is 11.8 Å². The summed E-state index contributed by atoms with van der Waals surface area (Å²) in [6.07, 6.45) is 1.77. The third-order valence-electron chi connectivity index (χ3n) is 4.42. The lowest BCUT2D eigenvalue weighted by Gasteiger charge is -2.34. The van der Waals surface area contributed by atoms with Crippen molar-refractivity contribution in [1.82, 2.24) is 9.80 Å². The predicted molar refractivity (Wildman–Crippen MR) is 92.8 cm³/mol. The molecule has 23 heavy (non-hydrogen) atoms. The number of carbonyl (C=O) groups excluding carboxylic acids is 2. The maximum Gasteiger partial charge on any atom is 0.313 e. The third kappa shape index (κ3) is 4.24. The largest absolute Gasteiger partial charge is 0.334 e. The van der Waals surface area contributed by atoms with Crippen LogP contribution >= 0.6 is 11.6 Å². The molecule has 1 aromatic carbocycles. The highest BCUT2D eigenvalue weighted by atomic mass is 35.5. The SMILES string of the molecule is Cc1cc(C)c(NC(=O)C(=O)N(C)C2CCN(C)CC2)c(Cl)c1. The molecule has 0 aromatic heterocycles. The fourth-order valence-corrected chi connectivity index (χ4v) is 3.32. The highest BCUT2D eigenvalue weighted by Gasteiger charge is 2.28. The maximum atomic E-state index is 12.4. The van der Waals surface area contributed by atoms with E-state index in [1.807, 2.05) is 19.9 Å². The molecule has 2 rings (SSSR count). The van der Waals surface area contributed by atoms with Gasteiger partial charge in [-0.3, -0.25) is 9.59 Å². The molecule has 5 nitrogen and oxygen atoms in total. The lowest BCUT2D eigenvalue weighted by molar-refractivity contribution is -0.144. The third-order valence-corrected chi connectivity index (χ3v) is 4.72. The van der Waals surface area contributed by atoms with Gasteiger partial charge in [-0.05, 0) is 64.0 Å². The number of likely N-dealkylation sites (N-methyl/N-ethyl adjacent to an activating group) is 1. The van der Waals surface area contributed by atoms with Crippen molar-refractivity contribution in [2.45, 2.75) is 32.7 Å². The van der Waals surface area contributed by atoms with Crippen LogP contribution in [0.5, 0.6) is 0 Å². The average Bonchev–Trinajstić information content (AvgIpc) is 2.50. The number of benzene rings is 1. The molecule has 126 valence electrons. The quantitative estimate of drug-likeness (QED) is 0.843. The molecule has 0 unspecified atom stereocenters. The van der Waals surface area contributed by atoms with Crippen LogP contribution in [0.1, 0.15) is 24.0 Å². The fourth-order valence-electron chi connectivity index (χ4n) is 2.95. The highest BCUT2D eigenvalue weighted by Crippen LogP contribution is 2.27. The molecular weight excluding hydrogens is 314 g/mol. The lowest BCUT2D eigenvalue weighted by atomic mass is 10.0. The standard InChI is InChI=1S/C17H24ClN3O2/c1-11-9-12(2)15(14(18)10-11)19-16(22)17(23)21(4)13-5-7-20(3)8-6-13/h9-10,13H,5-8H2,1-4H3,(H,19,22). The molecular formula is C17H24ClN3O2. The highest BCUT2D eigenvalue weighted by molar-refractivity contribution is 6.41. The zero-order valence-electron chi connectivity index (χ0n) is 14.1. The number of hydrogen-bond donors (Lipinski definition) is 1. The minimum absolute atomic E-state index is 0.110. The van der Waals surface area contributed by atoms with Crippen molar-refractivity contribution >= 4 is 29.1 Å². The maximum absolute atomic E-state index is 12.4. The lowest BCUT2D eigenvalue weighted by Crippen LogP contribution is -2.48. The summed E-state index contributed by atoms with van der Waals surface area (Å²) in [5.74, 6) is -1.16. The molecule has 1 heterocycles. The van der Waals surface area contributed by atoms with Gasteiger partial charge in [-0.2, -0.15) is 0 Å². The van der Waals surface area contributed by atoms with E-state index in [0.717, 1.165) is 37.1 Å². The van der Waals surface area contributed by atoms with Crippen molar-refractivity contribution in [2.24, 2.45) is 0 Å². The number of amides is 2. The first-order valence-electron chi connectivity index (χ1n) is 7.83. The van der Waals surface area contributed by atoms with Gasteiger partial charge in [0.25, 0.3) is 0 Å². The zero-order valence-corrected chi connectivity index (χ0v) is 14.9. The molecule has 1 aliphatic heterocycles. The average molecular weight is 338 g/mol. The minimum atomic E-state index is -0.639. The minimum Gasteiger partial charge on any atom is -0.334 e. The second kappa shape index (κ2) is 7.32. The first-order chi connectivity index (χ1) is 10.8. The summed E-state index contributed by atoms with van der Waals surface area (Å²) in [4.78, 5) is 28.4. The summed E-state index contributed by atoms with van der Waals surface area (Å²) in [7, 11) is 3.76. The van der Waals surface area contributed by atoms with Crippen molar-refractivity contribution in [3.8, 4) is 0 Å². The van der Waals surface area contributed by atoms with Crippen LogP contribution in [-0.2, 0) is 9.59 Å². The zero-order chi connectivity index (χ0) is 17.1. The van der Waals surface area contributed by atoms with E-state index in [1.54, 1.807) is 18.0 Å². The van der Waals surface area contributed by atoms with Crippen LogP contribution in [0.2, 0.25) is 5.02 Å². The number of nitrogens with one attached hydrogen (secondary N) is 1. The number of aryl methyl sites for hydroxylation is 2. The van der Waals surface area contributed by atoms with E-state index in [-0.39, 0.29) is 6.04 Å². The van der Waals surface area contributed by atoms with Gasteiger partial charge < -0.3 is 15.1 Å². The van der Waals surface area contributed by atoms with Gasteiger partial charge in [0.05, 0.1) is 10.7 Å². The van der Waals surface area contributed by atoms with Crippen molar-refractivity contribution in [1.29, 1.82) is 0 Å². The van der Waals surface area contributed by atoms with Crippen LogP contribution in [-0.4, -0.2) is 54.8 Å². The molecule has 6 heteroatoms. The van der Waals surface area contributed by atoms with Crippen molar-refractivity contribution in [3.05, 3.63) is 28.3 Å². The Labute approximate surface area is 142 Å². The van der Waals surface area contributed by atoms with E-state index < -0.39 is 11.8 Å². The molecule has 1 aliphatic rings. The van der Waals surface area contributed by atoms with Crippen LogP contribution in [0, 0.1) is 13.8 Å². The molecule has 1 fully saturated rings. The summed E-state index contributed by atoms with van der Waals surface area (Å²) >= 11 is 6.18. The Bertz CT molecular complexity index is 587. The van der Waals surface area contributed by atoms with Crippen LogP contribution < -0.4 is 5.32 Å². The fraction of sp³-hybridized carbons (Fsp3) is 0.529. The number of halogens is 1. The summed E-state index contributed by atoms with van der Waals surface area (Å²) in [6.45, 7) is 5.67. The smallest absolute Gasteiger partial charge is 0.313 e. The summed E-state index contributed by atoms with van der Waals surface area (Å²) < 4.78 is 0. The normalized spacial score (nSPS) is 16.2. The van der Waals surface area contributed by atoms with Crippen molar-refractivity contribution < 1.29 is 9.59 Å². The van der Waals surface area contributed by atoms with Gasteiger partial charge in [0.1, 0.15) is 0 Å². The molecule has 1 aromatic rings. The summed E-state index contributed by atoms with van der Waals surface area (Å²) in [5.41, 5.74) is 2.37. The van der Waals surface area contributed by atoms with Crippen LogP contribution in [0.25, 0.3) is 0 Å². The van der Waals surface area contributed by atoms with E-state index in [1.165, 1.54) is 0 Å².